The van der Waals surface area contributed by atoms with Crippen LogP contribution in [-0.4, -0.2) is 12.1 Å². The van der Waals surface area contributed by atoms with Gasteiger partial charge in [0, 0.05) is 6.42 Å². The van der Waals surface area contributed by atoms with E-state index in [4.69, 9.17) is 4.74 Å². The Balaban J connectivity index is 3.32. The fourth-order valence-electron chi connectivity index (χ4n) is 2.02. The SMILES string of the molecule is CCCC/C=C\CCCCCCCC(=O)OC(C)C(C)C. The lowest BCUT2D eigenvalue weighted by Gasteiger charge is -2.16. The predicted molar refractivity (Wildman–Crippen MR) is 91.4 cm³/mol. The summed E-state index contributed by atoms with van der Waals surface area (Å²) in [7, 11) is 0. The second kappa shape index (κ2) is 14.2. The van der Waals surface area contributed by atoms with Crippen molar-refractivity contribution in [2.75, 3.05) is 0 Å². The lowest BCUT2D eigenvalue weighted by Crippen LogP contribution is -2.19. The summed E-state index contributed by atoms with van der Waals surface area (Å²) in [5.74, 6) is 0.370. The first kappa shape index (κ1) is 20.2. The Morgan fingerprint density at radius 3 is 2.10 bits per heavy atom. The van der Waals surface area contributed by atoms with Gasteiger partial charge in [-0.05, 0) is 38.5 Å². The third kappa shape index (κ3) is 13.9. The molecule has 1 atom stereocenters. The zero-order valence-corrected chi connectivity index (χ0v) is 14.7. The number of rotatable bonds is 13. The third-order valence-corrected chi connectivity index (χ3v) is 3.90. The molecule has 0 saturated carbocycles. The highest BCUT2D eigenvalue weighted by Gasteiger charge is 2.12. The van der Waals surface area contributed by atoms with Gasteiger partial charge in [-0.2, -0.15) is 0 Å². The van der Waals surface area contributed by atoms with Crippen LogP contribution in [0, 0.1) is 5.92 Å². The summed E-state index contributed by atoms with van der Waals surface area (Å²) in [5.41, 5.74) is 0. The number of esters is 1. The van der Waals surface area contributed by atoms with Crippen molar-refractivity contribution in [2.45, 2.75) is 98.0 Å². The number of carbonyl (C=O) groups excluding carboxylic acids is 1. The van der Waals surface area contributed by atoms with Crippen LogP contribution in [0.3, 0.4) is 0 Å². The molecule has 1 unspecified atom stereocenters. The molecule has 0 fully saturated rings. The van der Waals surface area contributed by atoms with Crippen LogP contribution in [-0.2, 0) is 9.53 Å². The summed E-state index contributed by atoms with van der Waals surface area (Å²) in [5, 5.41) is 0. The minimum Gasteiger partial charge on any atom is -0.462 e. The molecule has 0 aliphatic carbocycles. The molecular formula is C19H36O2. The van der Waals surface area contributed by atoms with Crippen LogP contribution in [0.2, 0.25) is 0 Å². The number of ether oxygens (including phenoxy) is 1. The van der Waals surface area contributed by atoms with E-state index in [2.05, 4.69) is 32.9 Å². The average molecular weight is 296 g/mol. The molecule has 0 heterocycles. The van der Waals surface area contributed by atoms with Gasteiger partial charge in [0.05, 0.1) is 0 Å². The summed E-state index contributed by atoms with van der Waals surface area (Å²) in [6.07, 6.45) is 16.2. The quantitative estimate of drug-likeness (QED) is 0.235. The minimum absolute atomic E-state index is 0.0324. The molecule has 0 N–H and O–H groups in total. The fraction of sp³-hybridized carbons (Fsp3) is 0.842. The molecule has 0 radical (unpaired) electrons. The Kier molecular flexibility index (Phi) is 13.6. The molecule has 0 aromatic carbocycles. The van der Waals surface area contributed by atoms with E-state index >= 15 is 0 Å². The van der Waals surface area contributed by atoms with Gasteiger partial charge in [0.2, 0.25) is 0 Å². The van der Waals surface area contributed by atoms with Crippen molar-refractivity contribution >= 4 is 5.97 Å². The largest absolute Gasteiger partial charge is 0.462 e. The van der Waals surface area contributed by atoms with Crippen LogP contribution in [0.1, 0.15) is 91.9 Å². The maximum absolute atomic E-state index is 11.6. The zero-order valence-electron chi connectivity index (χ0n) is 14.7. The lowest BCUT2D eigenvalue weighted by molar-refractivity contribution is -0.150. The Morgan fingerprint density at radius 2 is 1.48 bits per heavy atom. The summed E-state index contributed by atoms with van der Waals surface area (Å²) >= 11 is 0. The topological polar surface area (TPSA) is 26.3 Å². The van der Waals surface area contributed by atoms with Crippen LogP contribution in [0.25, 0.3) is 0 Å². The van der Waals surface area contributed by atoms with Crippen molar-refractivity contribution < 1.29 is 9.53 Å². The van der Waals surface area contributed by atoms with Gasteiger partial charge in [-0.3, -0.25) is 4.79 Å². The van der Waals surface area contributed by atoms with E-state index in [1.807, 2.05) is 6.92 Å². The monoisotopic (exact) mass is 296 g/mol. The van der Waals surface area contributed by atoms with E-state index in [1.165, 1.54) is 44.9 Å². The molecular weight excluding hydrogens is 260 g/mol. The molecule has 0 aromatic rings. The van der Waals surface area contributed by atoms with Crippen LogP contribution in [0.5, 0.6) is 0 Å². The molecule has 0 spiro atoms. The Labute approximate surface area is 132 Å². The van der Waals surface area contributed by atoms with Crippen molar-refractivity contribution in [3.05, 3.63) is 12.2 Å². The van der Waals surface area contributed by atoms with E-state index in [0.29, 0.717) is 12.3 Å². The molecule has 0 bridgehead atoms. The maximum atomic E-state index is 11.6. The van der Waals surface area contributed by atoms with Gasteiger partial charge >= 0.3 is 5.97 Å². The summed E-state index contributed by atoms with van der Waals surface area (Å²) < 4.78 is 5.36. The molecule has 21 heavy (non-hydrogen) atoms. The van der Waals surface area contributed by atoms with Crippen LogP contribution in [0.15, 0.2) is 12.2 Å². The van der Waals surface area contributed by atoms with Gasteiger partial charge < -0.3 is 4.74 Å². The molecule has 0 aliphatic rings. The zero-order chi connectivity index (χ0) is 15.9. The number of hydrogen-bond acceptors (Lipinski definition) is 2. The summed E-state index contributed by atoms with van der Waals surface area (Å²) in [4.78, 5) is 11.6. The van der Waals surface area contributed by atoms with Gasteiger partial charge in [0.15, 0.2) is 0 Å². The molecule has 2 nitrogen and oxygen atoms in total. The molecule has 124 valence electrons. The molecule has 0 amide bonds. The standard InChI is InChI=1S/C19H36O2/c1-5-6-7-8-9-10-11-12-13-14-15-16-19(20)21-18(4)17(2)3/h8-9,17-18H,5-7,10-16H2,1-4H3/b9-8-. The van der Waals surface area contributed by atoms with Gasteiger partial charge in [0.25, 0.3) is 0 Å². The van der Waals surface area contributed by atoms with Crippen molar-refractivity contribution in [1.82, 2.24) is 0 Å². The van der Waals surface area contributed by atoms with Gasteiger partial charge in [-0.25, -0.2) is 0 Å². The van der Waals surface area contributed by atoms with Crippen LogP contribution in [0.4, 0.5) is 0 Å². The maximum Gasteiger partial charge on any atom is 0.306 e. The molecule has 0 rings (SSSR count). The third-order valence-electron chi connectivity index (χ3n) is 3.90. The lowest BCUT2D eigenvalue weighted by atomic mass is 10.1. The Hall–Kier alpha value is -0.790. The van der Waals surface area contributed by atoms with E-state index in [9.17, 15) is 4.79 Å². The number of unbranched alkanes of at least 4 members (excludes halogenated alkanes) is 7. The molecule has 0 saturated heterocycles. The van der Waals surface area contributed by atoms with Crippen molar-refractivity contribution in [3.8, 4) is 0 Å². The number of hydrogen-bond donors (Lipinski definition) is 0. The minimum atomic E-state index is -0.0324. The normalized spacial score (nSPS) is 13.0. The molecule has 0 aromatic heterocycles. The van der Waals surface area contributed by atoms with Crippen LogP contribution < -0.4 is 0 Å². The van der Waals surface area contributed by atoms with Crippen LogP contribution >= 0.6 is 0 Å². The van der Waals surface area contributed by atoms with E-state index < -0.39 is 0 Å². The van der Waals surface area contributed by atoms with E-state index in [1.54, 1.807) is 0 Å². The highest BCUT2D eigenvalue weighted by molar-refractivity contribution is 5.69. The van der Waals surface area contributed by atoms with Crippen molar-refractivity contribution in [3.63, 3.8) is 0 Å². The van der Waals surface area contributed by atoms with Crippen molar-refractivity contribution in [2.24, 2.45) is 5.92 Å². The Bertz CT molecular complexity index is 269. The Morgan fingerprint density at radius 1 is 0.905 bits per heavy atom. The van der Waals surface area contributed by atoms with Gasteiger partial charge in [0.1, 0.15) is 6.10 Å². The summed E-state index contributed by atoms with van der Waals surface area (Å²) in [6.45, 7) is 8.35. The molecule has 0 aliphatic heterocycles. The first-order chi connectivity index (χ1) is 10.1. The number of carbonyl (C=O) groups is 1. The second-order valence-corrected chi connectivity index (χ2v) is 6.36. The second-order valence-electron chi connectivity index (χ2n) is 6.36. The highest BCUT2D eigenvalue weighted by atomic mass is 16.5. The van der Waals surface area contributed by atoms with Gasteiger partial charge in [-0.1, -0.05) is 65.0 Å². The molecule has 2 heteroatoms. The smallest absolute Gasteiger partial charge is 0.306 e. The fourth-order valence-corrected chi connectivity index (χ4v) is 2.02. The first-order valence-corrected chi connectivity index (χ1v) is 8.92. The van der Waals surface area contributed by atoms with Gasteiger partial charge in [-0.15, -0.1) is 0 Å². The van der Waals surface area contributed by atoms with E-state index in [0.717, 1.165) is 12.8 Å². The number of allylic oxidation sites excluding steroid dienone is 2. The first-order valence-electron chi connectivity index (χ1n) is 8.92. The van der Waals surface area contributed by atoms with Crippen molar-refractivity contribution in [1.29, 1.82) is 0 Å². The van der Waals surface area contributed by atoms with E-state index in [-0.39, 0.29) is 12.1 Å². The average Bonchev–Trinajstić information content (AvgIpc) is 2.44. The predicted octanol–water partition coefficient (Wildman–Crippen LogP) is 6.05. The highest BCUT2D eigenvalue weighted by Crippen LogP contribution is 2.11. The summed E-state index contributed by atoms with van der Waals surface area (Å²) in [6, 6.07) is 0.